The molecule has 0 aliphatic carbocycles. The average Bonchev–Trinajstić information content (AvgIpc) is 2.49. The van der Waals surface area contributed by atoms with Gasteiger partial charge in [-0.25, -0.2) is 29.1 Å². The highest BCUT2D eigenvalue weighted by Crippen LogP contribution is 1.91. The van der Waals surface area contributed by atoms with E-state index < -0.39 is 23.9 Å². The number of aliphatic carboxylic acids is 4. The normalized spacial score (nSPS) is 10.0. The van der Waals surface area contributed by atoms with Crippen molar-refractivity contribution in [2.45, 2.75) is 12.5 Å². The molecule has 8 N–H and O–H groups in total. The molecule has 0 saturated carbocycles. The predicted octanol–water partition coefficient (Wildman–Crippen LogP) is -2.38. The van der Waals surface area contributed by atoms with Crippen molar-refractivity contribution in [3.8, 4) is 0 Å². The quantitative estimate of drug-likeness (QED) is 0.319. The molecule has 0 aliphatic heterocycles. The van der Waals surface area contributed by atoms with Crippen molar-refractivity contribution in [2.75, 3.05) is 6.54 Å². The summed E-state index contributed by atoms with van der Waals surface area (Å²) in [6.45, 7) is 0.470. The van der Waals surface area contributed by atoms with Crippen molar-refractivity contribution in [3.63, 3.8) is 0 Å². The summed E-state index contributed by atoms with van der Waals surface area (Å²) in [5, 5.41) is 29.6. The van der Waals surface area contributed by atoms with Gasteiger partial charge in [0.15, 0.2) is 0 Å². The van der Waals surface area contributed by atoms with E-state index in [2.05, 4.69) is 9.97 Å². The minimum atomic E-state index is -1.82. The first-order chi connectivity index (χ1) is 10.6. The van der Waals surface area contributed by atoms with Gasteiger partial charge in [0.1, 0.15) is 5.82 Å². The largest absolute Gasteiger partial charge is 0.473 e. The molecule has 1 unspecified atom stereocenters. The smallest absolute Gasteiger partial charge is 0.414 e. The zero-order valence-electron chi connectivity index (χ0n) is 11.7. The van der Waals surface area contributed by atoms with E-state index in [1.165, 1.54) is 0 Å². The first-order valence-electron chi connectivity index (χ1n) is 5.75. The minimum Gasteiger partial charge on any atom is -0.473 e. The van der Waals surface area contributed by atoms with Gasteiger partial charge in [0.2, 0.25) is 0 Å². The van der Waals surface area contributed by atoms with Gasteiger partial charge in [0.25, 0.3) is 0 Å². The summed E-state index contributed by atoms with van der Waals surface area (Å²) < 4.78 is 0. The van der Waals surface area contributed by atoms with E-state index in [9.17, 15) is 0 Å². The Morgan fingerprint density at radius 2 is 1.26 bits per heavy atom. The third kappa shape index (κ3) is 15.1. The summed E-state index contributed by atoms with van der Waals surface area (Å²) in [5.41, 5.74) is 10.9. The summed E-state index contributed by atoms with van der Waals surface area (Å²) in [5.74, 6) is -6.54. The molecule has 128 valence electrons. The van der Waals surface area contributed by atoms with Gasteiger partial charge in [-0.3, -0.25) is 0 Å². The molecular weight excluding hydrogens is 316 g/mol. The van der Waals surface area contributed by atoms with E-state index in [1.54, 1.807) is 18.5 Å². The summed E-state index contributed by atoms with van der Waals surface area (Å²) in [6, 6.07) is 1.75. The molecule has 1 atom stereocenters. The van der Waals surface area contributed by atoms with E-state index in [4.69, 9.17) is 51.1 Å². The molecule has 1 aromatic rings. The van der Waals surface area contributed by atoms with Gasteiger partial charge in [-0.15, -0.1) is 0 Å². The van der Waals surface area contributed by atoms with Crippen LogP contribution in [0.2, 0.25) is 0 Å². The standard InChI is InChI=1S/C7H12N4.2C2H2O4/c8-5-6(9)4-7-10-2-1-3-11-7;2*3-1(4)2(5)6/h1-3,6H,4-5,8-9H2;2*(H,3,4)(H,5,6). The fraction of sp³-hybridized carbons (Fsp3) is 0.273. The number of nitrogens with two attached hydrogens (primary N) is 2. The maximum atomic E-state index is 9.10. The van der Waals surface area contributed by atoms with Gasteiger partial charge >= 0.3 is 23.9 Å². The van der Waals surface area contributed by atoms with Gasteiger partial charge in [0.05, 0.1) is 0 Å². The number of nitrogens with zero attached hydrogens (tertiary/aromatic N) is 2. The van der Waals surface area contributed by atoms with Crippen molar-refractivity contribution < 1.29 is 39.6 Å². The average molecular weight is 332 g/mol. The topological polar surface area (TPSA) is 227 Å². The van der Waals surface area contributed by atoms with Gasteiger partial charge in [-0.1, -0.05) is 0 Å². The summed E-state index contributed by atoms with van der Waals surface area (Å²) in [4.78, 5) is 44.4. The van der Waals surface area contributed by atoms with Crippen LogP contribution in [0.1, 0.15) is 5.82 Å². The molecule has 0 fully saturated rings. The molecule has 0 radical (unpaired) electrons. The van der Waals surface area contributed by atoms with Crippen molar-refractivity contribution in [2.24, 2.45) is 11.5 Å². The highest BCUT2D eigenvalue weighted by Gasteiger charge is 2.04. The van der Waals surface area contributed by atoms with Crippen LogP contribution in [0.4, 0.5) is 0 Å². The zero-order valence-corrected chi connectivity index (χ0v) is 11.7. The van der Waals surface area contributed by atoms with Crippen LogP contribution in [0.5, 0.6) is 0 Å². The second kappa shape index (κ2) is 12.6. The zero-order chi connectivity index (χ0) is 18.4. The van der Waals surface area contributed by atoms with Crippen LogP contribution in [-0.4, -0.2) is 66.9 Å². The lowest BCUT2D eigenvalue weighted by Gasteiger charge is -2.05. The Kier molecular flexibility index (Phi) is 12.2. The predicted molar refractivity (Wildman–Crippen MR) is 73.3 cm³/mol. The van der Waals surface area contributed by atoms with Gasteiger partial charge in [-0.2, -0.15) is 0 Å². The molecule has 1 heterocycles. The minimum absolute atomic E-state index is 0.0302. The first kappa shape index (κ1) is 22.2. The Morgan fingerprint density at radius 1 is 0.913 bits per heavy atom. The van der Waals surface area contributed by atoms with Gasteiger partial charge < -0.3 is 31.9 Å². The summed E-state index contributed by atoms with van der Waals surface area (Å²) in [6.07, 6.45) is 4.05. The SMILES string of the molecule is NCC(N)Cc1ncccn1.O=C(O)C(=O)O.O=C(O)C(=O)O. The Hall–Kier alpha value is -3.12. The van der Waals surface area contributed by atoms with Crippen LogP contribution in [0.15, 0.2) is 18.5 Å². The summed E-state index contributed by atoms with van der Waals surface area (Å²) in [7, 11) is 0. The maximum absolute atomic E-state index is 9.10. The Bertz CT molecular complexity index is 474. The lowest BCUT2D eigenvalue weighted by molar-refractivity contribution is -0.159. The van der Waals surface area contributed by atoms with E-state index in [0.717, 1.165) is 5.82 Å². The molecule has 0 bridgehead atoms. The van der Waals surface area contributed by atoms with Crippen LogP contribution < -0.4 is 11.5 Å². The third-order valence-electron chi connectivity index (χ3n) is 1.73. The molecule has 1 aromatic heterocycles. The molecule has 12 nitrogen and oxygen atoms in total. The maximum Gasteiger partial charge on any atom is 0.414 e. The Labute approximate surface area is 129 Å². The molecule has 0 aliphatic rings. The monoisotopic (exact) mass is 332 g/mol. The van der Waals surface area contributed by atoms with Crippen LogP contribution in [0.3, 0.4) is 0 Å². The second-order valence-corrected chi connectivity index (χ2v) is 3.59. The fourth-order valence-electron chi connectivity index (χ4n) is 0.753. The van der Waals surface area contributed by atoms with Gasteiger partial charge in [-0.05, 0) is 6.07 Å². The molecule has 23 heavy (non-hydrogen) atoms. The summed E-state index contributed by atoms with van der Waals surface area (Å²) >= 11 is 0. The number of carboxylic acids is 4. The number of aromatic nitrogens is 2. The van der Waals surface area contributed by atoms with Crippen LogP contribution in [0.25, 0.3) is 0 Å². The molecule has 1 rings (SSSR count). The Balaban J connectivity index is 0. The van der Waals surface area contributed by atoms with E-state index in [0.29, 0.717) is 13.0 Å². The number of hydrogen-bond acceptors (Lipinski definition) is 8. The second-order valence-electron chi connectivity index (χ2n) is 3.59. The molecule has 0 saturated heterocycles. The van der Waals surface area contributed by atoms with E-state index >= 15 is 0 Å². The number of hydrogen-bond donors (Lipinski definition) is 6. The molecule has 0 amide bonds. The molecule has 0 spiro atoms. The van der Waals surface area contributed by atoms with Gasteiger partial charge in [0, 0.05) is 31.4 Å². The van der Waals surface area contributed by atoms with Crippen LogP contribution in [0, 0.1) is 0 Å². The lowest BCUT2D eigenvalue weighted by atomic mass is 10.2. The fourth-order valence-corrected chi connectivity index (χ4v) is 0.753. The van der Waals surface area contributed by atoms with E-state index in [-0.39, 0.29) is 6.04 Å². The van der Waals surface area contributed by atoms with Crippen molar-refractivity contribution in [3.05, 3.63) is 24.3 Å². The molecular formula is C11H16N4O8. The highest BCUT2D eigenvalue weighted by molar-refractivity contribution is 6.27. The highest BCUT2D eigenvalue weighted by atomic mass is 16.4. The number of carbonyl (C=O) groups is 4. The van der Waals surface area contributed by atoms with Crippen molar-refractivity contribution in [1.29, 1.82) is 0 Å². The van der Waals surface area contributed by atoms with Crippen molar-refractivity contribution in [1.82, 2.24) is 9.97 Å². The number of carboxylic acid groups (broad SMARTS) is 4. The molecule has 0 aromatic carbocycles. The number of rotatable bonds is 3. The first-order valence-corrected chi connectivity index (χ1v) is 5.75. The van der Waals surface area contributed by atoms with Crippen molar-refractivity contribution >= 4 is 23.9 Å². The molecule has 12 heteroatoms. The van der Waals surface area contributed by atoms with Crippen LogP contribution in [-0.2, 0) is 25.6 Å². The third-order valence-corrected chi connectivity index (χ3v) is 1.73. The Morgan fingerprint density at radius 3 is 1.52 bits per heavy atom. The van der Waals surface area contributed by atoms with Crippen LogP contribution >= 0.6 is 0 Å². The van der Waals surface area contributed by atoms with E-state index in [1.807, 2.05) is 0 Å². The lowest BCUT2D eigenvalue weighted by Crippen LogP contribution is -2.32.